The van der Waals surface area contributed by atoms with Gasteiger partial charge < -0.3 is 9.84 Å². The fourth-order valence-corrected chi connectivity index (χ4v) is 2.65. The molecule has 1 fully saturated rings. The van der Waals surface area contributed by atoms with Gasteiger partial charge in [-0.25, -0.2) is 0 Å². The Balaban J connectivity index is 1.83. The highest BCUT2D eigenvalue weighted by atomic mass is 16.5. The molecule has 0 bridgehead atoms. The minimum absolute atomic E-state index is 0.0635. The fraction of sp³-hybridized carbons (Fsp3) is 1.00. The zero-order valence-corrected chi connectivity index (χ0v) is 11.5. The summed E-state index contributed by atoms with van der Waals surface area (Å²) in [5.41, 5.74) is 0. The summed E-state index contributed by atoms with van der Waals surface area (Å²) in [5.74, 6) is 0.610. The number of hydrogen-bond acceptors (Lipinski definition) is 2. The molecular formula is C15H30O2. The van der Waals surface area contributed by atoms with E-state index in [0.29, 0.717) is 5.92 Å². The summed E-state index contributed by atoms with van der Waals surface area (Å²) in [6.45, 7) is 4.03. The molecular weight excluding hydrogens is 212 g/mol. The molecule has 2 nitrogen and oxygen atoms in total. The lowest BCUT2D eigenvalue weighted by molar-refractivity contribution is 0.0400. The van der Waals surface area contributed by atoms with Crippen molar-refractivity contribution >= 4 is 0 Å². The summed E-state index contributed by atoms with van der Waals surface area (Å²) in [5, 5.41) is 9.55. The molecule has 0 radical (unpaired) electrons. The quantitative estimate of drug-likeness (QED) is 0.621. The summed E-state index contributed by atoms with van der Waals surface area (Å²) in [6.07, 6.45) is 12.3. The van der Waals surface area contributed by atoms with Gasteiger partial charge in [0.15, 0.2) is 0 Å². The van der Waals surface area contributed by atoms with E-state index in [2.05, 4.69) is 6.92 Å². The summed E-state index contributed by atoms with van der Waals surface area (Å²) in [4.78, 5) is 0. The van der Waals surface area contributed by atoms with Crippen LogP contribution in [0.2, 0.25) is 0 Å². The number of rotatable bonds is 9. The standard InChI is InChI=1S/C15H30O2/c1-2-3-4-5-6-7-11-17-13-14-9-8-10-15(16)12-14/h14-16H,2-13H2,1H3. The Morgan fingerprint density at radius 1 is 1.06 bits per heavy atom. The van der Waals surface area contributed by atoms with E-state index in [4.69, 9.17) is 4.74 Å². The number of hydrogen-bond donors (Lipinski definition) is 1. The minimum atomic E-state index is -0.0635. The van der Waals surface area contributed by atoms with Crippen LogP contribution in [-0.4, -0.2) is 24.4 Å². The van der Waals surface area contributed by atoms with Crippen LogP contribution < -0.4 is 0 Å². The molecule has 0 aliphatic heterocycles. The molecule has 0 aromatic heterocycles. The van der Waals surface area contributed by atoms with E-state index in [-0.39, 0.29) is 6.10 Å². The number of ether oxygens (including phenoxy) is 1. The summed E-state index contributed by atoms with van der Waals surface area (Å²) in [6, 6.07) is 0. The first-order chi connectivity index (χ1) is 8.33. The zero-order valence-electron chi connectivity index (χ0n) is 11.5. The van der Waals surface area contributed by atoms with Crippen molar-refractivity contribution in [3.8, 4) is 0 Å². The molecule has 0 spiro atoms. The first kappa shape index (κ1) is 15.0. The first-order valence-electron chi connectivity index (χ1n) is 7.58. The summed E-state index contributed by atoms with van der Waals surface area (Å²) >= 11 is 0. The molecule has 2 heteroatoms. The van der Waals surface area contributed by atoms with Gasteiger partial charge in [0.05, 0.1) is 6.10 Å². The Morgan fingerprint density at radius 3 is 2.59 bits per heavy atom. The molecule has 0 aromatic carbocycles. The Hall–Kier alpha value is -0.0800. The van der Waals surface area contributed by atoms with Gasteiger partial charge in [-0.05, 0) is 31.6 Å². The maximum atomic E-state index is 9.55. The maximum absolute atomic E-state index is 9.55. The van der Waals surface area contributed by atoms with E-state index >= 15 is 0 Å². The highest BCUT2D eigenvalue weighted by molar-refractivity contribution is 4.71. The van der Waals surface area contributed by atoms with Gasteiger partial charge in [0.1, 0.15) is 0 Å². The lowest BCUT2D eigenvalue weighted by atomic mass is 9.88. The Bertz CT molecular complexity index is 170. The van der Waals surface area contributed by atoms with Crippen molar-refractivity contribution in [1.29, 1.82) is 0 Å². The molecule has 17 heavy (non-hydrogen) atoms. The second-order valence-electron chi connectivity index (χ2n) is 5.53. The van der Waals surface area contributed by atoms with E-state index in [1.807, 2.05) is 0 Å². The molecule has 2 atom stereocenters. The normalized spacial score (nSPS) is 25.1. The number of aliphatic hydroxyl groups is 1. The van der Waals surface area contributed by atoms with Crippen LogP contribution in [-0.2, 0) is 4.74 Å². The van der Waals surface area contributed by atoms with E-state index < -0.39 is 0 Å². The van der Waals surface area contributed by atoms with Gasteiger partial charge in [0, 0.05) is 13.2 Å². The molecule has 1 aliphatic carbocycles. The fourth-order valence-electron chi connectivity index (χ4n) is 2.65. The van der Waals surface area contributed by atoms with Gasteiger partial charge in [-0.2, -0.15) is 0 Å². The summed E-state index contributed by atoms with van der Waals surface area (Å²) < 4.78 is 5.72. The molecule has 1 saturated carbocycles. The van der Waals surface area contributed by atoms with Crippen LogP contribution in [0.3, 0.4) is 0 Å². The number of aliphatic hydroxyl groups excluding tert-OH is 1. The van der Waals surface area contributed by atoms with Crippen LogP contribution >= 0.6 is 0 Å². The predicted octanol–water partition coefficient (Wildman–Crippen LogP) is 3.91. The van der Waals surface area contributed by atoms with E-state index in [1.165, 1.54) is 51.4 Å². The molecule has 1 rings (SSSR count). The SMILES string of the molecule is CCCCCCCCOCC1CCCC(O)C1. The van der Waals surface area contributed by atoms with Gasteiger partial charge in [0.25, 0.3) is 0 Å². The van der Waals surface area contributed by atoms with Gasteiger partial charge in [-0.3, -0.25) is 0 Å². The monoisotopic (exact) mass is 242 g/mol. The van der Waals surface area contributed by atoms with Crippen LogP contribution in [0, 0.1) is 5.92 Å². The van der Waals surface area contributed by atoms with E-state index in [9.17, 15) is 5.11 Å². The third-order valence-corrected chi connectivity index (χ3v) is 3.75. The Kier molecular flexibility index (Phi) is 8.72. The lowest BCUT2D eigenvalue weighted by Gasteiger charge is -2.25. The highest BCUT2D eigenvalue weighted by Crippen LogP contribution is 2.24. The molecule has 0 heterocycles. The van der Waals surface area contributed by atoms with Crippen LogP contribution in [0.5, 0.6) is 0 Å². The third-order valence-electron chi connectivity index (χ3n) is 3.75. The minimum Gasteiger partial charge on any atom is -0.393 e. The van der Waals surface area contributed by atoms with Crippen molar-refractivity contribution in [3.05, 3.63) is 0 Å². The maximum Gasteiger partial charge on any atom is 0.0543 e. The molecule has 1 aliphatic rings. The molecule has 1 N–H and O–H groups in total. The van der Waals surface area contributed by atoms with E-state index in [1.54, 1.807) is 0 Å². The Morgan fingerprint density at radius 2 is 1.82 bits per heavy atom. The molecule has 102 valence electrons. The molecule has 2 unspecified atom stereocenters. The van der Waals surface area contributed by atoms with Crippen LogP contribution in [0.15, 0.2) is 0 Å². The van der Waals surface area contributed by atoms with Crippen LogP contribution in [0.25, 0.3) is 0 Å². The Labute approximate surface area is 107 Å². The summed E-state index contributed by atoms with van der Waals surface area (Å²) in [7, 11) is 0. The van der Waals surface area contributed by atoms with Crippen molar-refractivity contribution in [3.63, 3.8) is 0 Å². The average molecular weight is 242 g/mol. The van der Waals surface area contributed by atoms with Crippen molar-refractivity contribution in [2.75, 3.05) is 13.2 Å². The largest absolute Gasteiger partial charge is 0.393 e. The number of unbranched alkanes of at least 4 members (excludes halogenated alkanes) is 5. The van der Waals surface area contributed by atoms with Gasteiger partial charge in [-0.15, -0.1) is 0 Å². The second-order valence-corrected chi connectivity index (χ2v) is 5.53. The highest BCUT2D eigenvalue weighted by Gasteiger charge is 2.19. The molecule has 0 amide bonds. The lowest BCUT2D eigenvalue weighted by Crippen LogP contribution is -2.23. The van der Waals surface area contributed by atoms with Crippen molar-refractivity contribution in [1.82, 2.24) is 0 Å². The van der Waals surface area contributed by atoms with Crippen molar-refractivity contribution in [2.45, 2.75) is 77.2 Å². The van der Waals surface area contributed by atoms with Crippen molar-refractivity contribution < 1.29 is 9.84 Å². The zero-order chi connectivity index (χ0) is 12.3. The third kappa shape index (κ3) is 7.77. The van der Waals surface area contributed by atoms with Crippen molar-refractivity contribution in [2.24, 2.45) is 5.92 Å². The molecule has 0 saturated heterocycles. The average Bonchev–Trinajstić information content (AvgIpc) is 2.33. The first-order valence-corrected chi connectivity index (χ1v) is 7.58. The van der Waals surface area contributed by atoms with Crippen LogP contribution in [0.1, 0.15) is 71.1 Å². The van der Waals surface area contributed by atoms with Gasteiger partial charge in [-0.1, -0.05) is 45.4 Å². The topological polar surface area (TPSA) is 29.5 Å². The van der Waals surface area contributed by atoms with Crippen LogP contribution in [0.4, 0.5) is 0 Å². The van der Waals surface area contributed by atoms with Gasteiger partial charge in [0.2, 0.25) is 0 Å². The van der Waals surface area contributed by atoms with E-state index in [0.717, 1.165) is 26.1 Å². The smallest absolute Gasteiger partial charge is 0.0543 e. The second kappa shape index (κ2) is 9.90. The van der Waals surface area contributed by atoms with Gasteiger partial charge >= 0.3 is 0 Å². The molecule has 0 aromatic rings. The predicted molar refractivity (Wildman–Crippen MR) is 72.2 cm³/mol.